The van der Waals surface area contributed by atoms with E-state index in [2.05, 4.69) is 26.0 Å². The van der Waals surface area contributed by atoms with Crippen LogP contribution in [0, 0.1) is 5.92 Å². The molecule has 1 aliphatic carbocycles. The van der Waals surface area contributed by atoms with E-state index in [0.29, 0.717) is 12.0 Å². The molecule has 0 aromatic rings. The highest BCUT2D eigenvalue weighted by molar-refractivity contribution is 5.24. The van der Waals surface area contributed by atoms with Gasteiger partial charge in [0.15, 0.2) is 0 Å². The fourth-order valence-electron chi connectivity index (χ4n) is 2.09. The predicted molar refractivity (Wildman–Crippen MR) is 55.9 cm³/mol. The van der Waals surface area contributed by atoms with Crippen LogP contribution < -0.4 is 0 Å². The van der Waals surface area contributed by atoms with Crippen molar-refractivity contribution >= 4 is 0 Å². The van der Waals surface area contributed by atoms with Gasteiger partial charge in [-0.2, -0.15) is 0 Å². The number of hydrogen-bond acceptors (Lipinski definition) is 2. The van der Waals surface area contributed by atoms with Crippen molar-refractivity contribution in [3.8, 4) is 0 Å². The second-order valence-corrected chi connectivity index (χ2v) is 4.31. The SMILES string of the molecule is CC1=CC(C)CC(OC2CCOC2)=C1. The molecule has 0 bridgehead atoms. The van der Waals surface area contributed by atoms with Gasteiger partial charge in [-0.25, -0.2) is 0 Å². The summed E-state index contributed by atoms with van der Waals surface area (Å²) >= 11 is 0. The average Bonchev–Trinajstić information content (AvgIpc) is 2.54. The van der Waals surface area contributed by atoms with E-state index in [9.17, 15) is 0 Å². The maximum atomic E-state index is 5.89. The maximum Gasteiger partial charge on any atom is 0.124 e. The Bertz CT molecular complexity index is 259. The molecule has 1 saturated heterocycles. The van der Waals surface area contributed by atoms with Crippen LogP contribution in [-0.4, -0.2) is 19.3 Å². The van der Waals surface area contributed by atoms with Crippen molar-refractivity contribution in [2.24, 2.45) is 5.92 Å². The van der Waals surface area contributed by atoms with Gasteiger partial charge in [-0.3, -0.25) is 0 Å². The fourth-order valence-corrected chi connectivity index (χ4v) is 2.09. The second-order valence-electron chi connectivity index (χ2n) is 4.31. The summed E-state index contributed by atoms with van der Waals surface area (Å²) in [6.45, 7) is 5.96. The van der Waals surface area contributed by atoms with E-state index < -0.39 is 0 Å². The molecule has 1 aliphatic heterocycles. The molecule has 0 N–H and O–H groups in total. The van der Waals surface area contributed by atoms with Crippen molar-refractivity contribution in [3.63, 3.8) is 0 Å². The van der Waals surface area contributed by atoms with Crippen LogP contribution in [0.5, 0.6) is 0 Å². The van der Waals surface area contributed by atoms with Gasteiger partial charge in [0.2, 0.25) is 0 Å². The number of ether oxygens (including phenoxy) is 2. The van der Waals surface area contributed by atoms with Gasteiger partial charge in [0.05, 0.1) is 19.0 Å². The van der Waals surface area contributed by atoms with E-state index in [0.717, 1.165) is 31.8 Å². The fraction of sp³-hybridized carbons (Fsp3) is 0.667. The van der Waals surface area contributed by atoms with E-state index in [1.807, 2.05) is 0 Å². The Labute approximate surface area is 85.6 Å². The van der Waals surface area contributed by atoms with Gasteiger partial charge >= 0.3 is 0 Å². The van der Waals surface area contributed by atoms with Gasteiger partial charge < -0.3 is 9.47 Å². The topological polar surface area (TPSA) is 18.5 Å². The van der Waals surface area contributed by atoms with Gasteiger partial charge in [-0.05, 0) is 18.9 Å². The molecule has 1 fully saturated rings. The first-order valence-electron chi connectivity index (χ1n) is 5.37. The van der Waals surface area contributed by atoms with E-state index >= 15 is 0 Å². The molecule has 1 heterocycles. The van der Waals surface area contributed by atoms with Gasteiger partial charge in [0.1, 0.15) is 6.10 Å². The molecule has 78 valence electrons. The van der Waals surface area contributed by atoms with Crippen molar-refractivity contribution in [2.45, 2.75) is 32.8 Å². The van der Waals surface area contributed by atoms with Crippen LogP contribution in [0.3, 0.4) is 0 Å². The Morgan fingerprint density at radius 2 is 2.36 bits per heavy atom. The van der Waals surface area contributed by atoms with Crippen LogP contribution in [0.4, 0.5) is 0 Å². The van der Waals surface area contributed by atoms with Gasteiger partial charge in [-0.15, -0.1) is 0 Å². The van der Waals surface area contributed by atoms with Gasteiger partial charge in [0, 0.05) is 12.8 Å². The molecule has 0 aromatic carbocycles. The number of rotatable bonds is 2. The standard InChI is InChI=1S/C12H18O2/c1-9-5-10(2)7-12(6-9)14-11-3-4-13-8-11/h5-6,10-11H,3-4,7-8H2,1-2H3. The Hall–Kier alpha value is -0.760. The van der Waals surface area contributed by atoms with Crippen molar-refractivity contribution in [1.82, 2.24) is 0 Å². The minimum Gasteiger partial charge on any atom is -0.492 e. The molecular formula is C12H18O2. The summed E-state index contributed by atoms with van der Waals surface area (Å²) in [4.78, 5) is 0. The van der Waals surface area contributed by atoms with Crippen LogP contribution in [0.25, 0.3) is 0 Å². The lowest BCUT2D eigenvalue weighted by molar-refractivity contribution is 0.0844. The summed E-state index contributed by atoms with van der Waals surface area (Å²) in [6, 6.07) is 0. The highest BCUT2D eigenvalue weighted by atomic mass is 16.5. The number of allylic oxidation sites excluding steroid dienone is 4. The molecular weight excluding hydrogens is 176 g/mol. The summed E-state index contributed by atoms with van der Waals surface area (Å²) < 4.78 is 11.2. The highest BCUT2D eigenvalue weighted by Crippen LogP contribution is 2.25. The van der Waals surface area contributed by atoms with E-state index in [1.54, 1.807) is 0 Å². The summed E-state index contributed by atoms with van der Waals surface area (Å²) in [5.41, 5.74) is 1.32. The second kappa shape index (κ2) is 4.18. The van der Waals surface area contributed by atoms with Crippen LogP contribution in [0.1, 0.15) is 26.7 Å². The zero-order chi connectivity index (χ0) is 9.97. The molecule has 0 amide bonds. The van der Waals surface area contributed by atoms with Crippen LogP contribution in [-0.2, 0) is 9.47 Å². The Kier molecular flexibility index (Phi) is 2.92. The predicted octanol–water partition coefficient (Wildman–Crippen LogP) is 2.66. The van der Waals surface area contributed by atoms with Gasteiger partial charge in [0.25, 0.3) is 0 Å². The minimum absolute atomic E-state index is 0.291. The van der Waals surface area contributed by atoms with E-state index in [1.165, 1.54) is 5.57 Å². The maximum absolute atomic E-state index is 5.89. The molecule has 2 unspecified atom stereocenters. The third kappa shape index (κ3) is 2.38. The molecule has 2 aliphatic rings. The summed E-state index contributed by atoms with van der Waals surface area (Å²) in [5.74, 6) is 1.74. The largest absolute Gasteiger partial charge is 0.492 e. The Morgan fingerprint density at radius 3 is 3.00 bits per heavy atom. The monoisotopic (exact) mass is 194 g/mol. The first-order chi connectivity index (χ1) is 6.74. The minimum atomic E-state index is 0.291. The third-order valence-corrected chi connectivity index (χ3v) is 2.67. The first-order valence-corrected chi connectivity index (χ1v) is 5.37. The van der Waals surface area contributed by atoms with E-state index in [4.69, 9.17) is 9.47 Å². The molecule has 0 radical (unpaired) electrons. The van der Waals surface area contributed by atoms with Crippen molar-refractivity contribution in [3.05, 3.63) is 23.5 Å². The Morgan fingerprint density at radius 1 is 1.50 bits per heavy atom. The summed E-state index contributed by atoms with van der Waals surface area (Å²) in [6.07, 6.45) is 6.80. The average molecular weight is 194 g/mol. The number of hydrogen-bond donors (Lipinski definition) is 0. The quantitative estimate of drug-likeness (QED) is 0.673. The molecule has 2 atom stereocenters. The van der Waals surface area contributed by atoms with E-state index in [-0.39, 0.29) is 0 Å². The normalized spacial score (nSPS) is 32.4. The molecule has 0 aromatic heterocycles. The third-order valence-electron chi connectivity index (χ3n) is 2.67. The molecule has 2 rings (SSSR count). The summed E-state index contributed by atoms with van der Waals surface area (Å²) in [7, 11) is 0. The molecule has 0 spiro atoms. The molecule has 2 heteroatoms. The van der Waals surface area contributed by atoms with Crippen molar-refractivity contribution in [1.29, 1.82) is 0 Å². The van der Waals surface area contributed by atoms with Crippen LogP contribution in [0.15, 0.2) is 23.5 Å². The zero-order valence-corrected chi connectivity index (χ0v) is 8.95. The Balaban J connectivity index is 1.94. The van der Waals surface area contributed by atoms with Crippen molar-refractivity contribution in [2.75, 3.05) is 13.2 Å². The highest BCUT2D eigenvalue weighted by Gasteiger charge is 2.20. The summed E-state index contributed by atoms with van der Waals surface area (Å²) in [5, 5.41) is 0. The lowest BCUT2D eigenvalue weighted by Gasteiger charge is -2.20. The smallest absolute Gasteiger partial charge is 0.124 e. The van der Waals surface area contributed by atoms with Gasteiger partial charge in [-0.1, -0.05) is 18.6 Å². The lowest BCUT2D eigenvalue weighted by atomic mass is 9.97. The van der Waals surface area contributed by atoms with Crippen LogP contribution in [0.2, 0.25) is 0 Å². The lowest BCUT2D eigenvalue weighted by Crippen LogP contribution is -2.14. The molecule has 0 saturated carbocycles. The van der Waals surface area contributed by atoms with Crippen LogP contribution >= 0.6 is 0 Å². The first kappa shape index (κ1) is 9.78. The van der Waals surface area contributed by atoms with Crippen molar-refractivity contribution < 1.29 is 9.47 Å². The molecule has 2 nitrogen and oxygen atoms in total. The zero-order valence-electron chi connectivity index (χ0n) is 8.95. The molecule has 14 heavy (non-hydrogen) atoms.